The molecule has 1 amide bonds. The normalized spacial score (nSPS) is 14.8. The number of carbonyl (C=O) groups excluding carboxylic acids is 2. The van der Waals surface area contributed by atoms with Gasteiger partial charge in [0.1, 0.15) is 12.1 Å². The second-order valence-corrected chi connectivity index (χ2v) is 6.24. The van der Waals surface area contributed by atoms with E-state index in [2.05, 4.69) is 20.4 Å². The molecule has 1 aromatic rings. The fraction of sp³-hybridized carbons (Fsp3) is 0.600. The van der Waals surface area contributed by atoms with E-state index < -0.39 is 17.5 Å². The lowest BCUT2D eigenvalue weighted by Crippen LogP contribution is -2.35. The van der Waals surface area contributed by atoms with Crippen LogP contribution in [-0.2, 0) is 9.53 Å². The van der Waals surface area contributed by atoms with Crippen LogP contribution in [0.15, 0.2) is 12.1 Å². The van der Waals surface area contributed by atoms with Gasteiger partial charge in [-0.05, 0) is 45.7 Å². The van der Waals surface area contributed by atoms with E-state index >= 15 is 0 Å². The topological polar surface area (TPSA) is 84.4 Å². The first kappa shape index (κ1) is 16.2. The van der Waals surface area contributed by atoms with Crippen LogP contribution in [0.5, 0.6) is 0 Å². The molecule has 1 fully saturated rings. The maximum absolute atomic E-state index is 11.9. The third-order valence-electron chi connectivity index (χ3n) is 3.13. The van der Waals surface area contributed by atoms with Crippen LogP contribution in [-0.4, -0.2) is 47.3 Å². The van der Waals surface area contributed by atoms with Crippen LogP contribution in [0.3, 0.4) is 0 Å². The van der Waals surface area contributed by atoms with Crippen LogP contribution < -0.4 is 10.2 Å². The van der Waals surface area contributed by atoms with Gasteiger partial charge in [0.15, 0.2) is 11.5 Å². The molecule has 22 heavy (non-hydrogen) atoms. The number of ether oxygens (including phenoxy) is 1. The molecule has 2 rings (SSSR count). The first-order chi connectivity index (χ1) is 10.3. The van der Waals surface area contributed by atoms with Gasteiger partial charge in [0.25, 0.3) is 5.91 Å². The van der Waals surface area contributed by atoms with E-state index in [4.69, 9.17) is 4.74 Å². The molecule has 1 aliphatic heterocycles. The molecule has 2 heterocycles. The molecule has 0 unspecified atom stereocenters. The Morgan fingerprint density at radius 1 is 1.23 bits per heavy atom. The van der Waals surface area contributed by atoms with E-state index in [1.165, 1.54) is 0 Å². The number of nitrogens with one attached hydrogen (secondary N) is 1. The molecule has 0 aliphatic carbocycles. The Hall–Kier alpha value is -2.18. The first-order valence-electron chi connectivity index (χ1n) is 7.44. The van der Waals surface area contributed by atoms with Crippen LogP contribution in [0.1, 0.15) is 44.1 Å². The molecule has 0 aromatic carbocycles. The molecule has 7 nitrogen and oxygen atoms in total. The Kier molecular flexibility index (Phi) is 4.95. The molecule has 1 aliphatic rings. The van der Waals surface area contributed by atoms with Crippen LogP contribution >= 0.6 is 0 Å². The Labute approximate surface area is 130 Å². The molecule has 1 aromatic heterocycles. The summed E-state index contributed by atoms with van der Waals surface area (Å²) in [5, 5.41) is 10.5. The van der Waals surface area contributed by atoms with E-state index in [1.807, 2.05) is 0 Å². The largest absolute Gasteiger partial charge is 0.459 e. The number of hydrogen-bond donors (Lipinski definition) is 1. The number of hydrogen-bond acceptors (Lipinski definition) is 6. The number of amides is 1. The summed E-state index contributed by atoms with van der Waals surface area (Å²) < 4.78 is 5.11. The number of aromatic nitrogens is 2. The lowest BCUT2D eigenvalue weighted by atomic mass is 10.2. The highest BCUT2D eigenvalue weighted by atomic mass is 16.6. The van der Waals surface area contributed by atoms with Gasteiger partial charge in [-0.25, -0.2) is 0 Å². The highest BCUT2D eigenvalue weighted by Gasteiger charge is 2.18. The molecule has 0 spiro atoms. The van der Waals surface area contributed by atoms with Gasteiger partial charge in [-0.3, -0.25) is 9.59 Å². The predicted octanol–water partition coefficient (Wildman–Crippen LogP) is 1.15. The van der Waals surface area contributed by atoms with E-state index in [0.29, 0.717) is 0 Å². The van der Waals surface area contributed by atoms with Gasteiger partial charge >= 0.3 is 5.97 Å². The van der Waals surface area contributed by atoms with Gasteiger partial charge in [0.05, 0.1) is 0 Å². The zero-order valence-corrected chi connectivity index (χ0v) is 13.3. The number of carbonyl (C=O) groups is 2. The molecule has 7 heteroatoms. The second kappa shape index (κ2) is 6.72. The average molecular weight is 306 g/mol. The van der Waals surface area contributed by atoms with Crippen molar-refractivity contribution in [2.75, 3.05) is 24.5 Å². The summed E-state index contributed by atoms with van der Waals surface area (Å²) in [6.45, 7) is 7.07. The van der Waals surface area contributed by atoms with Crippen molar-refractivity contribution >= 4 is 17.7 Å². The molecule has 1 N–H and O–H groups in total. The van der Waals surface area contributed by atoms with Gasteiger partial charge in [-0.2, -0.15) is 0 Å². The number of nitrogens with zero attached hydrogens (tertiary/aromatic N) is 3. The molecule has 120 valence electrons. The van der Waals surface area contributed by atoms with E-state index in [1.54, 1.807) is 32.9 Å². The fourth-order valence-electron chi connectivity index (χ4n) is 2.18. The molecular formula is C15H22N4O3. The minimum Gasteiger partial charge on any atom is -0.459 e. The van der Waals surface area contributed by atoms with Crippen LogP contribution in [0.25, 0.3) is 0 Å². The zero-order chi connectivity index (χ0) is 16.2. The van der Waals surface area contributed by atoms with E-state index in [9.17, 15) is 9.59 Å². The third kappa shape index (κ3) is 4.68. The number of anilines is 1. The quantitative estimate of drug-likeness (QED) is 0.840. The monoisotopic (exact) mass is 306 g/mol. The minimum absolute atomic E-state index is 0.187. The van der Waals surface area contributed by atoms with Crippen molar-refractivity contribution in [1.82, 2.24) is 15.5 Å². The Balaban J connectivity index is 1.86. The van der Waals surface area contributed by atoms with Crippen LogP contribution in [0.4, 0.5) is 5.82 Å². The summed E-state index contributed by atoms with van der Waals surface area (Å²) in [5.41, 5.74) is -0.384. The number of rotatable bonds is 4. The molecular weight excluding hydrogens is 284 g/mol. The molecule has 0 bridgehead atoms. The Morgan fingerprint density at radius 2 is 1.91 bits per heavy atom. The SMILES string of the molecule is CC(C)(C)OC(=O)CNC(=O)c1ccc(N2CCCC2)nn1. The molecule has 0 saturated carbocycles. The standard InChI is InChI=1S/C15H22N4O3/c1-15(2,3)22-13(20)10-16-14(21)11-6-7-12(18-17-11)19-8-4-5-9-19/h6-7H,4-5,8-10H2,1-3H3,(H,16,21). The molecule has 0 atom stereocenters. The van der Waals surface area contributed by atoms with E-state index in [-0.39, 0.29) is 12.2 Å². The van der Waals surface area contributed by atoms with Crippen molar-refractivity contribution in [1.29, 1.82) is 0 Å². The lowest BCUT2D eigenvalue weighted by Gasteiger charge is -2.19. The van der Waals surface area contributed by atoms with Gasteiger partial charge in [-0.15, -0.1) is 10.2 Å². The summed E-state index contributed by atoms with van der Waals surface area (Å²) in [7, 11) is 0. The first-order valence-corrected chi connectivity index (χ1v) is 7.44. The Bertz CT molecular complexity index is 531. The highest BCUT2D eigenvalue weighted by molar-refractivity contribution is 5.94. The van der Waals surface area contributed by atoms with Crippen molar-refractivity contribution in [3.8, 4) is 0 Å². The summed E-state index contributed by atoms with van der Waals surface area (Å²) in [6, 6.07) is 3.39. The van der Waals surface area contributed by atoms with Gasteiger partial charge in [0, 0.05) is 13.1 Å². The summed E-state index contributed by atoms with van der Waals surface area (Å²) in [5.74, 6) is -0.144. The molecule has 1 saturated heterocycles. The van der Waals surface area contributed by atoms with E-state index in [0.717, 1.165) is 31.7 Å². The highest BCUT2D eigenvalue weighted by Crippen LogP contribution is 2.16. The van der Waals surface area contributed by atoms with Crippen molar-refractivity contribution in [2.24, 2.45) is 0 Å². The van der Waals surface area contributed by atoms with Gasteiger partial charge < -0.3 is 15.0 Å². The number of esters is 1. The van der Waals surface area contributed by atoms with Crippen LogP contribution in [0, 0.1) is 0 Å². The predicted molar refractivity (Wildman–Crippen MR) is 81.7 cm³/mol. The summed E-state index contributed by atoms with van der Waals surface area (Å²) in [6.07, 6.45) is 2.31. The van der Waals surface area contributed by atoms with Crippen LogP contribution in [0.2, 0.25) is 0 Å². The zero-order valence-electron chi connectivity index (χ0n) is 13.3. The third-order valence-corrected chi connectivity index (χ3v) is 3.13. The van der Waals surface area contributed by atoms with Gasteiger partial charge in [-0.1, -0.05) is 0 Å². The maximum Gasteiger partial charge on any atom is 0.325 e. The fourth-order valence-corrected chi connectivity index (χ4v) is 2.18. The van der Waals surface area contributed by atoms with Crippen molar-refractivity contribution in [3.05, 3.63) is 17.8 Å². The maximum atomic E-state index is 11.9. The molecule has 0 radical (unpaired) electrons. The Morgan fingerprint density at radius 3 is 2.45 bits per heavy atom. The van der Waals surface area contributed by atoms with Gasteiger partial charge in [0.2, 0.25) is 0 Å². The van der Waals surface area contributed by atoms with Crippen molar-refractivity contribution in [2.45, 2.75) is 39.2 Å². The summed E-state index contributed by atoms with van der Waals surface area (Å²) in [4.78, 5) is 25.6. The summed E-state index contributed by atoms with van der Waals surface area (Å²) >= 11 is 0. The lowest BCUT2D eigenvalue weighted by molar-refractivity contribution is -0.153. The second-order valence-electron chi connectivity index (χ2n) is 6.24. The smallest absolute Gasteiger partial charge is 0.325 e. The van der Waals surface area contributed by atoms with Crippen molar-refractivity contribution in [3.63, 3.8) is 0 Å². The van der Waals surface area contributed by atoms with Crippen molar-refractivity contribution < 1.29 is 14.3 Å². The minimum atomic E-state index is -0.570. The average Bonchev–Trinajstić information content (AvgIpc) is 2.97.